The average molecular weight is 461 g/mol. The van der Waals surface area contributed by atoms with Gasteiger partial charge in [0, 0.05) is 11.8 Å². The molecule has 0 N–H and O–H groups in total. The van der Waals surface area contributed by atoms with E-state index in [0.717, 1.165) is 11.1 Å². The zero-order valence-corrected chi connectivity index (χ0v) is 19.0. The molecule has 2 aromatic rings. The topological polar surface area (TPSA) is 85.3 Å². The second kappa shape index (κ2) is 8.92. The van der Waals surface area contributed by atoms with E-state index in [1.54, 1.807) is 26.4 Å². The van der Waals surface area contributed by atoms with Crippen LogP contribution in [0, 0.1) is 0 Å². The molecule has 0 spiro atoms. The lowest BCUT2D eigenvalue weighted by atomic mass is 10.1. The van der Waals surface area contributed by atoms with Gasteiger partial charge in [0.15, 0.2) is 26.5 Å². The van der Waals surface area contributed by atoms with Gasteiger partial charge in [0.05, 0.1) is 38.2 Å². The molecule has 2 aromatic carbocycles. The van der Waals surface area contributed by atoms with Crippen LogP contribution >= 0.6 is 11.8 Å². The number of thioether (sulfide) groups is 1. The molecule has 31 heavy (non-hydrogen) atoms. The summed E-state index contributed by atoms with van der Waals surface area (Å²) >= 11 is 1.39. The molecule has 2 heterocycles. The van der Waals surface area contributed by atoms with Crippen molar-refractivity contribution in [1.29, 1.82) is 0 Å². The number of carbonyl (C=O) groups excluding carboxylic acids is 1. The van der Waals surface area contributed by atoms with E-state index < -0.39 is 9.84 Å². The van der Waals surface area contributed by atoms with Gasteiger partial charge in [-0.05, 0) is 23.3 Å². The molecule has 0 unspecified atom stereocenters. The molecule has 164 valence electrons. The van der Waals surface area contributed by atoms with Crippen LogP contribution in [0.5, 0.6) is 11.5 Å². The molecule has 2 aliphatic rings. The molecule has 0 radical (unpaired) electrons. The highest BCUT2D eigenvalue weighted by molar-refractivity contribution is 8.15. The van der Waals surface area contributed by atoms with Crippen molar-refractivity contribution in [3.63, 3.8) is 0 Å². The van der Waals surface area contributed by atoms with Gasteiger partial charge in [-0.3, -0.25) is 4.79 Å². The lowest BCUT2D eigenvalue weighted by Crippen LogP contribution is -2.37. The fourth-order valence-electron chi connectivity index (χ4n) is 3.91. The molecule has 2 aliphatic heterocycles. The van der Waals surface area contributed by atoms with Crippen molar-refractivity contribution >= 4 is 32.7 Å². The number of methoxy groups -OCH3 is 2. The Kier molecular flexibility index (Phi) is 6.24. The summed E-state index contributed by atoms with van der Waals surface area (Å²) in [6.45, 7) is 0.521. The monoisotopic (exact) mass is 460 g/mol. The van der Waals surface area contributed by atoms with Crippen molar-refractivity contribution in [1.82, 2.24) is 4.90 Å². The SMILES string of the molecule is COc1ccc(CC(=O)N=C2S[C@H]3CS(=O)(=O)C[C@H]3N2Cc2ccccc2)cc1OC. The standard InChI is InChI=1S/C22H24N2O5S2/c1-28-18-9-8-16(10-19(18)29-2)11-21(25)23-22-24(12-15-6-4-3-5-7-15)17-13-31(26,27)14-20(17)30-22/h3-10,17,20H,11-14H2,1-2H3/t17-,20+/m1/s1. The summed E-state index contributed by atoms with van der Waals surface area (Å²) in [4.78, 5) is 19.1. The van der Waals surface area contributed by atoms with Gasteiger partial charge in [-0.15, -0.1) is 0 Å². The minimum absolute atomic E-state index is 0.0960. The van der Waals surface area contributed by atoms with Crippen LogP contribution in [0.2, 0.25) is 0 Å². The highest BCUT2D eigenvalue weighted by Crippen LogP contribution is 2.39. The van der Waals surface area contributed by atoms with Gasteiger partial charge < -0.3 is 14.4 Å². The van der Waals surface area contributed by atoms with Crippen LogP contribution in [0.15, 0.2) is 53.5 Å². The Labute approximate surface area is 186 Å². The van der Waals surface area contributed by atoms with E-state index in [1.165, 1.54) is 11.8 Å². The summed E-state index contributed by atoms with van der Waals surface area (Å²) in [6, 6.07) is 15.0. The molecular formula is C22H24N2O5S2. The van der Waals surface area contributed by atoms with Crippen LogP contribution in [0.3, 0.4) is 0 Å². The van der Waals surface area contributed by atoms with E-state index in [4.69, 9.17) is 9.47 Å². The number of hydrogen-bond donors (Lipinski definition) is 0. The lowest BCUT2D eigenvalue weighted by molar-refractivity contribution is -0.117. The summed E-state index contributed by atoms with van der Waals surface area (Å²) in [5, 5.41) is 0.501. The number of amides is 1. The Morgan fingerprint density at radius 1 is 1.06 bits per heavy atom. The van der Waals surface area contributed by atoms with Crippen LogP contribution in [0.4, 0.5) is 0 Å². The Balaban J connectivity index is 1.55. The normalized spacial score (nSPS) is 23.0. The second-order valence-electron chi connectivity index (χ2n) is 7.57. The summed E-state index contributed by atoms with van der Waals surface area (Å²) in [5.74, 6) is 1.09. The maximum atomic E-state index is 12.7. The van der Waals surface area contributed by atoms with Gasteiger partial charge in [-0.25, -0.2) is 8.42 Å². The number of carbonyl (C=O) groups is 1. The van der Waals surface area contributed by atoms with E-state index >= 15 is 0 Å². The summed E-state index contributed by atoms with van der Waals surface area (Å²) in [6.07, 6.45) is 0.122. The number of nitrogens with zero attached hydrogens (tertiary/aromatic N) is 2. The average Bonchev–Trinajstić information content (AvgIpc) is 3.20. The Hall–Kier alpha value is -2.52. The largest absolute Gasteiger partial charge is 0.493 e. The highest BCUT2D eigenvalue weighted by Gasteiger charge is 2.48. The van der Waals surface area contributed by atoms with Crippen molar-refractivity contribution < 1.29 is 22.7 Å². The summed E-state index contributed by atoms with van der Waals surface area (Å²) in [7, 11) is 0.0349. The fraction of sp³-hybridized carbons (Fsp3) is 0.364. The maximum Gasteiger partial charge on any atom is 0.252 e. The Morgan fingerprint density at radius 3 is 2.52 bits per heavy atom. The molecule has 4 rings (SSSR count). The van der Waals surface area contributed by atoms with Gasteiger partial charge >= 0.3 is 0 Å². The van der Waals surface area contributed by atoms with Crippen LogP contribution in [-0.2, 0) is 27.6 Å². The minimum atomic E-state index is -3.07. The number of aliphatic imine (C=N–C) groups is 1. The molecule has 1 amide bonds. The first-order chi connectivity index (χ1) is 14.9. The first-order valence-corrected chi connectivity index (χ1v) is 12.6. The fourth-order valence-corrected chi connectivity index (χ4v) is 7.88. The molecule has 2 fully saturated rings. The first kappa shape index (κ1) is 21.7. The zero-order chi connectivity index (χ0) is 22.0. The van der Waals surface area contributed by atoms with Crippen molar-refractivity contribution in [2.24, 2.45) is 4.99 Å². The maximum absolute atomic E-state index is 12.7. The number of amidine groups is 1. The van der Waals surface area contributed by atoms with Crippen LogP contribution in [0.25, 0.3) is 0 Å². The van der Waals surface area contributed by atoms with Crippen LogP contribution in [0.1, 0.15) is 11.1 Å². The van der Waals surface area contributed by atoms with Crippen LogP contribution in [-0.4, -0.2) is 61.4 Å². The number of ether oxygens (including phenoxy) is 2. The number of hydrogen-bond acceptors (Lipinski definition) is 6. The Morgan fingerprint density at radius 2 is 1.81 bits per heavy atom. The third-order valence-corrected chi connectivity index (χ3v) is 8.64. The van der Waals surface area contributed by atoms with Crippen molar-refractivity contribution in [3.05, 3.63) is 59.7 Å². The molecule has 0 aliphatic carbocycles. The predicted octanol–water partition coefficient (Wildman–Crippen LogP) is 2.54. The molecule has 0 bridgehead atoms. The minimum Gasteiger partial charge on any atom is -0.493 e. The number of sulfone groups is 1. The van der Waals surface area contributed by atoms with Crippen LogP contribution < -0.4 is 9.47 Å². The summed E-state index contributed by atoms with van der Waals surface area (Å²) in [5.41, 5.74) is 1.82. The molecule has 7 nitrogen and oxygen atoms in total. The van der Waals surface area contributed by atoms with E-state index in [9.17, 15) is 13.2 Å². The molecule has 9 heteroatoms. The van der Waals surface area contributed by atoms with Gasteiger partial charge in [0.2, 0.25) is 0 Å². The Bertz CT molecular complexity index is 1100. The smallest absolute Gasteiger partial charge is 0.252 e. The first-order valence-electron chi connectivity index (χ1n) is 9.88. The van der Waals surface area contributed by atoms with E-state index in [-0.39, 0.29) is 35.1 Å². The van der Waals surface area contributed by atoms with Gasteiger partial charge in [-0.1, -0.05) is 48.2 Å². The molecule has 0 aromatic heterocycles. The number of benzene rings is 2. The van der Waals surface area contributed by atoms with Crippen molar-refractivity contribution in [2.75, 3.05) is 25.7 Å². The highest BCUT2D eigenvalue weighted by atomic mass is 32.2. The third kappa shape index (κ3) is 4.88. The van der Waals surface area contributed by atoms with E-state index in [0.29, 0.717) is 23.2 Å². The number of rotatable bonds is 6. The molecule has 2 atom stereocenters. The number of fused-ring (bicyclic) bond motifs is 1. The van der Waals surface area contributed by atoms with Gasteiger partial charge in [-0.2, -0.15) is 4.99 Å². The molecule has 2 saturated heterocycles. The van der Waals surface area contributed by atoms with Gasteiger partial charge in [0.25, 0.3) is 5.91 Å². The summed E-state index contributed by atoms with van der Waals surface area (Å²) < 4.78 is 34.9. The lowest BCUT2D eigenvalue weighted by Gasteiger charge is -2.24. The molecular weight excluding hydrogens is 436 g/mol. The zero-order valence-electron chi connectivity index (χ0n) is 17.4. The van der Waals surface area contributed by atoms with E-state index in [1.807, 2.05) is 41.3 Å². The van der Waals surface area contributed by atoms with Crippen molar-refractivity contribution in [2.45, 2.75) is 24.3 Å². The quantitative estimate of drug-likeness (QED) is 0.655. The third-order valence-electron chi connectivity index (χ3n) is 5.39. The second-order valence-corrected chi connectivity index (χ2v) is 10.9. The van der Waals surface area contributed by atoms with Gasteiger partial charge in [0.1, 0.15) is 0 Å². The molecule has 0 saturated carbocycles. The predicted molar refractivity (Wildman–Crippen MR) is 121 cm³/mol. The van der Waals surface area contributed by atoms with Crippen molar-refractivity contribution in [3.8, 4) is 11.5 Å². The van der Waals surface area contributed by atoms with E-state index in [2.05, 4.69) is 4.99 Å².